The van der Waals surface area contributed by atoms with Gasteiger partial charge in [0.05, 0.1) is 19.3 Å². The average Bonchev–Trinajstić information content (AvgIpc) is 2.58. The largest absolute Gasteiger partial charge is 0.493 e. The lowest BCUT2D eigenvalue weighted by molar-refractivity contribution is 0.143. The number of benzene rings is 1. The second kappa shape index (κ2) is 9.49. The third-order valence-electron chi connectivity index (χ3n) is 4.14. The first kappa shape index (κ1) is 18.5. The van der Waals surface area contributed by atoms with Crippen LogP contribution in [0.25, 0.3) is 0 Å². The molecule has 1 aromatic rings. The number of methoxy groups -OCH3 is 1. The SMILES string of the molecule is COCCN(CCCN(C)C)C(=O)N[C@H]1CCOc2ccccc21. The Bertz CT molecular complexity index is 522. The molecule has 24 heavy (non-hydrogen) atoms. The molecule has 6 heteroatoms. The minimum atomic E-state index is -0.0347. The maximum absolute atomic E-state index is 12.7. The highest BCUT2D eigenvalue weighted by Gasteiger charge is 2.24. The van der Waals surface area contributed by atoms with Crippen LogP contribution in [0.2, 0.25) is 0 Å². The number of nitrogens with one attached hydrogen (secondary N) is 1. The summed E-state index contributed by atoms with van der Waals surface area (Å²) in [5.41, 5.74) is 1.05. The summed E-state index contributed by atoms with van der Waals surface area (Å²) in [7, 11) is 5.74. The van der Waals surface area contributed by atoms with E-state index in [1.165, 1.54) is 0 Å². The van der Waals surface area contributed by atoms with Gasteiger partial charge in [0.1, 0.15) is 5.75 Å². The van der Waals surface area contributed by atoms with Gasteiger partial charge >= 0.3 is 6.03 Å². The summed E-state index contributed by atoms with van der Waals surface area (Å²) in [5, 5.41) is 3.16. The maximum Gasteiger partial charge on any atom is 0.317 e. The number of carbonyl (C=O) groups excluding carboxylic acids is 1. The van der Waals surface area contributed by atoms with Crippen molar-refractivity contribution in [2.75, 3.05) is 54.1 Å². The molecule has 1 aromatic carbocycles. The first-order valence-electron chi connectivity index (χ1n) is 8.52. The molecular weight excluding hydrogens is 306 g/mol. The zero-order valence-electron chi connectivity index (χ0n) is 15.0. The minimum Gasteiger partial charge on any atom is -0.493 e. The number of hydrogen-bond acceptors (Lipinski definition) is 4. The van der Waals surface area contributed by atoms with Crippen molar-refractivity contribution in [3.63, 3.8) is 0 Å². The van der Waals surface area contributed by atoms with Crippen LogP contribution in [0.3, 0.4) is 0 Å². The molecule has 0 fully saturated rings. The van der Waals surface area contributed by atoms with Crippen molar-refractivity contribution in [1.29, 1.82) is 0 Å². The van der Waals surface area contributed by atoms with Crippen LogP contribution in [0, 0.1) is 0 Å². The van der Waals surface area contributed by atoms with Crippen LogP contribution >= 0.6 is 0 Å². The lowest BCUT2D eigenvalue weighted by atomic mass is 10.0. The number of para-hydroxylation sites is 1. The van der Waals surface area contributed by atoms with Gasteiger partial charge in [-0.3, -0.25) is 0 Å². The fourth-order valence-electron chi connectivity index (χ4n) is 2.83. The van der Waals surface area contributed by atoms with Gasteiger partial charge in [0.25, 0.3) is 0 Å². The van der Waals surface area contributed by atoms with Crippen molar-refractivity contribution >= 4 is 6.03 Å². The van der Waals surface area contributed by atoms with Crippen LogP contribution in [-0.4, -0.2) is 69.9 Å². The molecule has 6 nitrogen and oxygen atoms in total. The molecule has 0 bridgehead atoms. The van der Waals surface area contributed by atoms with E-state index < -0.39 is 0 Å². The van der Waals surface area contributed by atoms with Crippen LogP contribution in [0.4, 0.5) is 4.79 Å². The Kier molecular flexibility index (Phi) is 7.34. The highest BCUT2D eigenvalue weighted by molar-refractivity contribution is 5.75. The van der Waals surface area contributed by atoms with Crippen molar-refractivity contribution in [2.24, 2.45) is 0 Å². The third kappa shape index (κ3) is 5.39. The second-order valence-corrected chi connectivity index (χ2v) is 6.31. The van der Waals surface area contributed by atoms with Gasteiger partial charge in [0, 0.05) is 32.2 Å². The van der Waals surface area contributed by atoms with Crippen molar-refractivity contribution in [2.45, 2.75) is 18.9 Å². The van der Waals surface area contributed by atoms with Gasteiger partial charge in [-0.05, 0) is 33.1 Å². The van der Waals surface area contributed by atoms with E-state index in [2.05, 4.69) is 10.2 Å². The second-order valence-electron chi connectivity index (χ2n) is 6.31. The Morgan fingerprint density at radius 3 is 2.83 bits per heavy atom. The molecule has 1 N–H and O–H groups in total. The van der Waals surface area contributed by atoms with Gasteiger partial charge in [-0.25, -0.2) is 4.79 Å². The van der Waals surface area contributed by atoms with E-state index in [4.69, 9.17) is 9.47 Å². The predicted octanol–water partition coefficient (Wildman–Crippen LogP) is 2.12. The van der Waals surface area contributed by atoms with E-state index >= 15 is 0 Å². The fourth-order valence-corrected chi connectivity index (χ4v) is 2.83. The number of fused-ring (bicyclic) bond motifs is 1. The van der Waals surface area contributed by atoms with Crippen molar-refractivity contribution in [3.8, 4) is 5.75 Å². The molecule has 1 heterocycles. The maximum atomic E-state index is 12.7. The Hall–Kier alpha value is -1.79. The number of rotatable bonds is 8. The summed E-state index contributed by atoms with van der Waals surface area (Å²) in [5.74, 6) is 0.866. The number of ether oxygens (including phenoxy) is 2. The standard InChI is InChI=1S/C18H29N3O3/c1-20(2)10-6-11-21(12-14-23-3)18(22)19-16-9-13-24-17-8-5-4-7-15(16)17/h4-5,7-8,16H,6,9-14H2,1-3H3,(H,19,22)/t16-/m0/s1. The van der Waals surface area contributed by atoms with Gasteiger partial charge in [0.15, 0.2) is 0 Å². The van der Waals surface area contributed by atoms with Crippen molar-refractivity contribution in [3.05, 3.63) is 29.8 Å². The molecular formula is C18H29N3O3. The molecule has 134 valence electrons. The van der Waals surface area contributed by atoms with Gasteiger partial charge in [-0.2, -0.15) is 0 Å². The third-order valence-corrected chi connectivity index (χ3v) is 4.14. The Balaban J connectivity index is 1.96. The van der Waals surface area contributed by atoms with E-state index in [1.807, 2.05) is 43.3 Å². The highest BCUT2D eigenvalue weighted by atomic mass is 16.5. The first-order valence-corrected chi connectivity index (χ1v) is 8.52. The van der Waals surface area contributed by atoms with E-state index in [9.17, 15) is 4.79 Å². The van der Waals surface area contributed by atoms with E-state index in [-0.39, 0.29) is 12.1 Å². The van der Waals surface area contributed by atoms with E-state index in [0.717, 1.165) is 37.2 Å². The molecule has 0 radical (unpaired) electrons. The summed E-state index contributed by atoms with van der Waals surface area (Å²) >= 11 is 0. The first-order chi connectivity index (χ1) is 11.6. The molecule has 1 atom stereocenters. The minimum absolute atomic E-state index is 0.00124. The van der Waals surface area contributed by atoms with Crippen LogP contribution in [0.15, 0.2) is 24.3 Å². The topological polar surface area (TPSA) is 54.0 Å². The fraction of sp³-hybridized carbons (Fsp3) is 0.611. The number of nitrogens with zero attached hydrogens (tertiary/aromatic N) is 2. The van der Waals surface area contributed by atoms with Crippen LogP contribution in [-0.2, 0) is 4.74 Å². The number of amides is 2. The zero-order chi connectivity index (χ0) is 17.4. The average molecular weight is 335 g/mol. The number of urea groups is 1. The molecule has 0 unspecified atom stereocenters. The normalized spacial score (nSPS) is 16.4. The quantitative estimate of drug-likeness (QED) is 0.791. The lowest BCUT2D eigenvalue weighted by Crippen LogP contribution is -2.45. The summed E-state index contributed by atoms with van der Waals surface area (Å²) < 4.78 is 10.8. The van der Waals surface area contributed by atoms with E-state index in [0.29, 0.717) is 19.8 Å². The summed E-state index contributed by atoms with van der Waals surface area (Å²) in [6, 6.07) is 7.87. The van der Waals surface area contributed by atoms with Gasteiger partial charge in [-0.15, -0.1) is 0 Å². The number of carbonyl (C=O) groups is 1. The Labute approximate surface area is 144 Å². The highest BCUT2D eigenvalue weighted by Crippen LogP contribution is 2.31. The molecule has 0 aromatic heterocycles. The van der Waals surface area contributed by atoms with Crippen molar-refractivity contribution < 1.29 is 14.3 Å². The molecule has 0 spiro atoms. The van der Waals surface area contributed by atoms with E-state index in [1.54, 1.807) is 7.11 Å². The lowest BCUT2D eigenvalue weighted by Gasteiger charge is -2.30. The summed E-state index contributed by atoms with van der Waals surface area (Å²) in [4.78, 5) is 16.7. The van der Waals surface area contributed by atoms with Crippen LogP contribution in [0.1, 0.15) is 24.4 Å². The number of hydrogen-bond donors (Lipinski definition) is 1. The Morgan fingerprint density at radius 2 is 2.08 bits per heavy atom. The molecule has 0 saturated carbocycles. The monoisotopic (exact) mass is 335 g/mol. The summed E-state index contributed by atoms with van der Waals surface area (Å²) in [6.45, 7) is 3.44. The molecule has 0 saturated heterocycles. The molecule has 1 aliphatic rings. The van der Waals surface area contributed by atoms with Crippen molar-refractivity contribution in [1.82, 2.24) is 15.1 Å². The molecule has 2 amide bonds. The van der Waals surface area contributed by atoms with Crippen LogP contribution < -0.4 is 10.1 Å². The Morgan fingerprint density at radius 1 is 1.29 bits per heavy atom. The molecule has 0 aliphatic carbocycles. The smallest absolute Gasteiger partial charge is 0.317 e. The summed E-state index contributed by atoms with van der Waals surface area (Å²) in [6.07, 6.45) is 1.73. The van der Waals surface area contributed by atoms with Gasteiger partial charge in [0.2, 0.25) is 0 Å². The molecule has 1 aliphatic heterocycles. The zero-order valence-corrected chi connectivity index (χ0v) is 15.0. The van der Waals surface area contributed by atoms with Gasteiger partial charge in [-0.1, -0.05) is 18.2 Å². The predicted molar refractivity (Wildman–Crippen MR) is 94.4 cm³/mol. The van der Waals surface area contributed by atoms with Crippen LogP contribution in [0.5, 0.6) is 5.75 Å². The van der Waals surface area contributed by atoms with Gasteiger partial charge < -0.3 is 24.6 Å². The molecule has 2 rings (SSSR count).